The molecular formula is C15H23ClN2O. The molecule has 0 bridgehead atoms. The van der Waals surface area contributed by atoms with Gasteiger partial charge in [0.1, 0.15) is 0 Å². The van der Waals surface area contributed by atoms with E-state index in [1.807, 2.05) is 58.3 Å². The highest BCUT2D eigenvalue weighted by Gasteiger charge is 2.28. The number of amides is 1. The molecule has 1 aromatic carbocycles. The quantitative estimate of drug-likeness (QED) is 0.814. The topological polar surface area (TPSA) is 32.3 Å². The molecule has 0 aliphatic heterocycles. The molecule has 1 N–H and O–H groups in total. The van der Waals surface area contributed by atoms with Gasteiger partial charge in [-0.05, 0) is 33.5 Å². The minimum Gasteiger partial charge on any atom is -0.347 e. The highest BCUT2D eigenvalue weighted by Crippen LogP contribution is 2.20. The van der Waals surface area contributed by atoms with Gasteiger partial charge < -0.3 is 10.2 Å². The Morgan fingerprint density at radius 3 is 2.37 bits per heavy atom. The normalized spacial score (nSPS) is 13.4. The lowest BCUT2D eigenvalue weighted by molar-refractivity contribution is -0.129. The van der Waals surface area contributed by atoms with E-state index in [0.29, 0.717) is 5.88 Å². The first kappa shape index (κ1) is 16.0. The highest BCUT2D eigenvalue weighted by atomic mass is 35.5. The van der Waals surface area contributed by atoms with E-state index in [9.17, 15) is 4.79 Å². The summed E-state index contributed by atoms with van der Waals surface area (Å²) in [6, 6.07) is 9.98. The van der Waals surface area contributed by atoms with Gasteiger partial charge in [0.15, 0.2) is 0 Å². The van der Waals surface area contributed by atoms with Crippen LogP contribution in [0.3, 0.4) is 0 Å². The molecule has 0 saturated carbocycles. The Bertz CT molecular complexity index is 404. The summed E-state index contributed by atoms with van der Waals surface area (Å²) in [7, 11) is 3.99. The summed E-state index contributed by atoms with van der Waals surface area (Å²) in [5, 5.41) is 3.09. The standard InChI is InChI=1S/C15H23ClN2O/c1-15(2,11-16)14(19)17-13(10-18(3)4)12-8-6-5-7-9-12/h5-9,13H,10-11H2,1-4H3,(H,17,19). The van der Waals surface area contributed by atoms with Gasteiger partial charge in [0, 0.05) is 12.4 Å². The number of hydrogen-bond acceptors (Lipinski definition) is 2. The van der Waals surface area contributed by atoms with Crippen molar-refractivity contribution in [1.29, 1.82) is 0 Å². The molecule has 0 heterocycles. The first-order valence-corrected chi connectivity index (χ1v) is 6.97. The molecule has 19 heavy (non-hydrogen) atoms. The highest BCUT2D eigenvalue weighted by molar-refractivity contribution is 6.19. The maximum atomic E-state index is 12.2. The molecule has 1 aromatic rings. The molecule has 3 nitrogen and oxygen atoms in total. The van der Waals surface area contributed by atoms with E-state index < -0.39 is 5.41 Å². The molecule has 4 heteroatoms. The van der Waals surface area contributed by atoms with E-state index in [1.165, 1.54) is 0 Å². The Balaban J connectivity index is 2.85. The third-order valence-corrected chi connectivity index (χ3v) is 3.67. The van der Waals surface area contributed by atoms with Gasteiger partial charge in [-0.3, -0.25) is 4.79 Å². The van der Waals surface area contributed by atoms with Crippen LogP contribution in [0.5, 0.6) is 0 Å². The maximum absolute atomic E-state index is 12.2. The molecule has 1 amide bonds. The first-order valence-electron chi connectivity index (χ1n) is 6.43. The Labute approximate surface area is 120 Å². The van der Waals surface area contributed by atoms with Crippen LogP contribution >= 0.6 is 11.6 Å². The SMILES string of the molecule is CN(C)CC(NC(=O)C(C)(C)CCl)c1ccccc1. The molecular weight excluding hydrogens is 260 g/mol. The summed E-state index contributed by atoms with van der Waals surface area (Å²) in [5.41, 5.74) is 0.552. The minimum atomic E-state index is -0.555. The van der Waals surface area contributed by atoms with Crippen LogP contribution in [0, 0.1) is 5.41 Å². The number of benzene rings is 1. The molecule has 0 aromatic heterocycles. The fourth-order valence-corrected chi connectivity index (χ4v) is 1.82. The van der Waals surface area contributed by atoms with Gasteiger partial charge in [-0.1, -0.05) is 30.3 Å². The van der Waals surface area contributed by atoms with Gasteiger partial charge in [-0.2, -0.15) is 0 Å². The third kappa shape index (κ3) is 4.84. The van der Waals surface area contributed by atoms with Gasteiger partial charge in [-0.25, -0.2) is 0 Å². The average molecular weight is 283 g/mol. The first-order chi connectivity index (χ1) is 8.86. The summed E-state index contributed by atoms with van der Waals surface area (Å²) in [5.74, 6) is 0.292. The Hall–Kier alpha value is -1.06. The van der Waals surface area contributed by atoms with Gasteiger partial charge in [-0.15, -0.1) is 11.6 Å². The molecule has 1 atom stereocenters. The number of halogens is 1. The number of carbonyl (C=O) groups is 1. The molecule has 1 rings (SSSR count). The number of carbonyl (C=O) groups excluding carboxylic acids is 1. The molecule has 0 fully saturated rings. The van der Waals surface area contributed by atoms with Crippen molar-refractivity contribution in [2.75, 3.05) is 26.5 Å². The molecule has 0 aliphatic carbocycles. The maximum Gasteiger partial charge on any atom is 0.227 e. The number of nitrogens with one attached hydrogen (secondary N) is 1. The molecule has 1 unspecified atom stereocenters. The smallest absolute Gasteiger partial charge is 0.227 e. The van der Waals surface area contributed by atoms with Crippen molar-refractivity contribution in [3.05, 3.63) is 35.9 Å². The van der Waals surface area contributed by atoms with Crippen molar-refractivity contribution >= 4 is 17.5 Å². The number of alkyl halides is 1. The van der Waals surface area contributed by atoms with Gasteiger partial charge >= 0.3 is 0 Å². The molecule has 0 saturated heterocycles. The Morgan fingerprint density at radius 2 is 1.89 bits per heavy atom. The van der Waals surface area contributed by atoms with Crippen molar-refractivity contribution in [3.63, 3.8) is 0 Å². The molecule has 0 aliphatic rings. The zero-order valence-electron chi connectivity index (χ0n) is 12.1. The summed E-state index contributed by atoms with van der Waals surface area (Å²) >= 11 is 5.85. The second kappa shape index (κ2) is 6.92. The monoisotopic (exact) mass is 282 g/mol. The summed E-state index contributed by atoms with van der Waals surface area (Å²) in [6.07, 6.45) is 0. The van der Waals surface area contributed by atoms with E-state index in [1.54, 1.807) is 0 Å². The van der Waals surface area contributed by atoms with Crippen LogP contribution in [0.25, 0.3) is 0 Å². The number of likely N-dealkylation sites (N-methyl/N-ethyl adjacent to an activating group) is 1. The number of rotatable bonds is 6. The van der Waals surface area contributed by atoms with Crippen molar-refractivity contribution in [2.24, 2.45) is 5.41 Å². The van der Waals surface area contributed by atoms with Gasteiger partial charge in [0.2, 0.25) is 5.91 Å². The molecule has 0 spiro atoms. The van der Waals surface area contributed by atoms with E-state index in [-0.39, 0.29) is 11.9 Å². The predicted octanol–water partition coefficient (Wildman–Crippen LogP) is 2.67. The zero-order chi connectivity index (χ0) is 14.5. The summed E-state index contributed by atoms with van der Waals surface area (Å²) in [4.78, 5) is 14.3. The second-order valence-electron chi connectivity index (χ2n) is 5.72. The van der Waals surface area contributed by atoms with E-state index >= 15 is 0 Å². The lowest BCUT2D eigenvalue weighted by atomic mass is 9.94. The van der Waals surface area contributed by atoms with Crippen molar-refractivity contribution in [3.8, 4) is 0 Å². The van der Waals surface area contributed by atoms with Gasteiger partial charge in [0.25, 0.3) is 0 Å². The van der Waals surface area contributed by atoms with Crippen LogP contribution in [0.1, 0.15) is 25.5 Å². The van der Waals surface area contributed by atoms with E-state index in [4.69, 9.17) is 11.6 Å². The summed E-state index contributed by atoms with van der Waals surface area (Å²) < 4.78 is 0. The minimum absolute atomic E-state index is 0.0156. The second-order valence-corrected chi connectivity index (χ2v) is 5.98. The van der Waals surface area contributed by atoms with Crippen LogP contribution in [0.15, 0.2) is 30.3 Å². The fraction of sp³-hybridized carbons (Fsp3) is 0.533. The molecule has 106 valence electrons. The lowest BCUT2D eigenvalue weighted by Gasteiger charge is -2.27. The predicted molar refractivity (Wildman–Crippen MR) is 80.4 cm³/mol. The van der Waals surface area contributed by atoms with Crippen molar-refractivity contribution in [2.45, 2.75) is 19.9 Å². The third-order valence-electron chi connectivity index (χ3n) is 3.00. The Kier molecular flexibility index (Phi) is 5.83. The van der Waals surface area contributed by atoms with E-state index in [2.05, 4.69) is 10.2 Å². The number of nitrogens with zero attached hydrogens (tertiary/aromatic N) is 1. The summed E-state index contributed by atoms with van der Waals surface area (Å²) in [6.45, 7) is 4.47. The van der Waals surface area contributed by atoms with Crippen LogP contribution in [-0.2, 0) is 4.79 Å². The van der Waals surface area contributed by atoms with Crippen LogP contribution in [0.2, 0.25) is 0 Å². The van der Waals surface area contributed by atoms with Gasteiger partial charge in [0.05, 0.1) is 11.5 Å². The van der Waals surface area contributed by atoms with Crippen LogP contribution < -0.4 is 5.32 Å². The lowest BCUT2D eigenvalue weighted by Crippen LogP contribution is -2.43. The average Bonchev–Trinajstić information content (AvgIpc) is 2.38. The largest absolute Gasteiger partial charge is 0.347 e. The fourth-order valence-electron chi connectivity index (χ4n) is 1.70. The van der Waals surface area contributed by atoms with Crippen LogP contribution in [-0.4, -0.2) is 37.3 Å². The zero-order valence-corrected chi connectivity index (χ0v) is 12.9. The van der Waals surface area contributed by atoms with E-state index in [0.717, 1.165) is 12.1 Å². The molecule has 0 radical (unpaired) electrons. The Morgan fingerprint density at radius 1 is 1.32 bits per heavy atom. The van der Waals surface area contributed by atoms with Crippen molar-refractivity contribution < 1.29 is 4.79 Å². The van der Waals surface area contributed by atoms with Crippen LogP contribution in [0.4, 0.5) is 0 Å². The van der Waals surface area contributed by atoms with Crippen molar-refractivity contribution in [1.82, 2.24) is 10.2 Å². The number of hydrogen-bond donors (Lipinski definition) is 1.